The van der Waals surface area contributed by atoms with E-state index in [9.17, 15) is 9.59 Å². The van der Waals surface area contributed by atoms with Crippen LogP contribution >= 0.6 is 0 Å². The number of amides is 2. The molecule has 0 radical (unpaired) electrons. The summed E-state index contributed by atoms with van der Waals surface area (Å²) >= 11 is 0. The zero-order valence-corrected chi connectivity index (χ0v) is 13.9. The van der Waals surface area contributed by atoms with E-state index < -0.39 is 0 Å². The number of methoxy groups -OCH3 is 1. The van der Waals surface area contributed by atoms with Crippen LogP contribution in [0.25, 0.3) is 6.08 Å². The topological polar surface area (TPSA) is 80.3 Å². The highest BCUT2D eigenvalue weighted by atomic mass is 16.5. The van der Waals surface area contributed by atoms with Crippen molar-refractivity contribution in [2.45, 2.75) is 18.9 Å². The molecule has 1 aromatic heterocycles. The molecule has 1 saturated carbocycles. The predicted octanol–water partition coefficient (Wildman–Crippen LogP) is 2.63. The molecule has 1 aliphatic rings. The molecule has 0 spiro atoms. The van der Waals surface area contributed by atoms with Crippen molar-refractivity contribution in [1.82, 2.24) is 10.3 Å². The number of benzene rings is 1. The van der Waals surface area contributed by atoms with E-state index in [0.29, 0.717) is 22.7 Å². The van der Waals surface area contributed by atoms with Crippen molar-refractivity contribution >= 4 is 23.6 Å². The van der Waals surface area contributed by atoms with E-state index in [4.69, 9.17) is 4.74 Å². The quantitative estimate of drug-likeness (QED) is 0.794. The second-order valence-electron chi connectivity index (χ2n) is 5.74. The summed E-state index contributed by atoms with van der Waals surface area (Å²) in [6, 6.07) is 10.7. The number of anilines is 1. The summed E-state index contributed by atoms with van der Waals surface area (Å²) in [6.07, 6.45) is 6.63. The van der Waals surface area contributed by atoms with Crippen LogP contribution in [0.3, 0.4) is 0 Å². The third-order valence-corrected chi connectivity index (χ3v) is 3.74. The van der Waals surface area contributed by atoms with Crippen LogP contribution in [0.5, 0.6) is 5.75 Å². The molecule has 0 aliphatic heterocycles. The minimum atomic E-state index is -0.337. The Morgan fingerprint density at radius 2 is 2.08 bits per heavy atom. The van der Waals surface area contributed by atoms with Crippen LogP contribution in [0.4, 0.5) is 5.69 Å². The van der Waals surface area contributed by atoms with Gasteiger partial charge in [0.2, 0.25) is 5.91 Å². The molecule has 128 valence electrons. The van der Waals surface area contributed by atoms with Gasteiger partial charge in [0.1, 0.15) is 5.75 Å². The average Bonchev–Trinajstić information content (AvgIpc) is 3.45. The Balaban J connectivity index is 1.75. The lowest BCUT2D eigenvalue weighted by molar-refractivity contribution is -0.111. The number of nitrogens with one attached hydrogen (secondary N) is 2. The van der Waals surface area contributed by atoms with Crippen molar-refractivity contribution in [2.24, 2.45) is 0 Å². The zero-order valence-electron chi connectivity index (χ0n) is 13.9. The molecule has 0 saturated heterocycles. The number of pyridine rings is 1. The van der Waals surface area contributed by atoms with Gasteiger partial charge in [-0.05, 0) is 49.2 Å². The molecule has 2 amide bonds. The molecular weight excluding hydrogens is 318 g/mol. The Kier molecular flexibility index (Phi) is 5.09. The van der Waals surface area contributed by atoms with Crippen LogP contribution in [-0.4, -0.2) is 29.9 Å². The van der Waals surface area contributed by atoms with Crippen molar-refractivity contribution in [3.63, 3.8) is 0 Å². The van der Waals surface area contributed by atoms with Gasteiger partial charge in [0.05, 0.1) is 24.1 Å². The van der Waals surface area contributed by atoms with Gasteiger partial charge in [-0.25, -0.2) is 0 Å². The van der Waals surface area contributed by atoms with Crippen molar-refractivity contribution in [1.29, 1.82) is 0 Å². The molecule has 6 heteroatoms. The van der Waals surface area contributed by atoms with Gasteiger partial charge in [0, 0.05) is 18.3 Å². The highest BCUT2D eigenvalue weighted by Gasteiger charge is 2.25. The van der Waals surface area contributed by atoms with Gasteiger partial charge >= 0.3 is 0 Å². The van der Waals surface area contributed by atoms with Gasteiger partial charge in [-0.15, -0.1) is 0 Å². The maximum Gasteiger partial charge on any atom is 0.253 e. The molecule has 1 fully saturated rings. The average molecular weight is 337 g/mol. The van der Waals surface area contributed by atoms with E-state index in [1.54, 1.807) is 42.6 Å². The number of hydrogen-bond donors (Lipinski definition) is 2. The Bertz CT molecular complexity index is 799. The highest BCUT2D eigenvalue weighted by molar-refractivity contribution is 6.07. The third kappa shape index (κ3) is 4.67. The van der Waals surface area contributed by atoms with Crippen molar-refractivity contribution in [3.05, 3.63) is 59.9 Å². The minimum absolute atomic E-state index is 0.217. The Labute approximate surface area is 145 Å². The van der Waals surface area contributed by atoms with Crippen molar-refractivity contribution in [2.75, 3.05) is 12.4 Å². The number of ether oxygens (including phenoxy) is 1. The molecule has 1 aromatic carbocycles. The van der Waals surface area contributed by atoms with E-state index in [2.05, 4.69) is 15.6 Å². The second-order valence-corrected chi connectivity index (χ2v) is 5.74. The summed E-state index contributed by atoms with van der Waals surface area (Å²) in [5, 5.41) is 5.66. The van der Waals surface area contributed by atoms with Gasteiger partial charge in [-0.3, -0.25) is 14.6 Å². The molecule has 0 atom stereocenters. The molecule has 2 aromatic rings. The molecule has 25 heavy (non-hydrogen) atoms. The molecule has 1 heterocycles. The first-order chi connectivity index (χ1) is 12.2. The summed E-state index contributed by atoms with van der Waals surface area (Å²) in [5.74, 6) is 0.00433. The maximum absolute atomic E-state index is 12.4. The first-order valence-electron chi connectivity index (χ1n) is 8.04. The first-order valence-corrected chi connectivity index (χ1v) is 8.04. The minimum Gasteiger partial charge on any atom is -0.497 e. The van der Waals surface area contributed by atoms with Gasteiger partial charge in [-0.2, -0.15) is 0 Å². The van der Waals surface area contributed by atoms with E-state index in [1.165, 1.54) is 13.2 Å². The van der Waals surface area contributed by atoms with Gasteiger partial charge in [-0.1, -0.05) is 6.07 Å². The summed E-state index contributed by atoms with van der Waals surface area (Å²) in [7, 11) is 1.53. The normalized spacial score (nSPS) is 13.5. The van der Waals surface area contributed by atoms with Crippen molar-refractivity contribution < 1.29 is 14.3 Å². The lowest BCUT2D eigenvalue weighted by Gasteiger charge is -2.12. The third-order valence-electron chi connectivity index (χ3n) is 3.74. The largest absolute Gasteiger partial charge is 0.497 e. The van der Waals surface area contributed by atoms with Crippen LogP contribution in [0.2, 0.25) is 0 Å². The van der Waals surface area contributed by atoms with E-state index in [0.717, 1.165) is 12.8 Å². The molecule has 2 N–H and O–H groups in total. The number of aromatic nitrogens is 1. The summed E-state index contributed by atoms with van der Waals surface area (Å²) in [6.45, 7) is 0. The molecule has 6 nitrogen and oxygen atoms in total. The van der Waals surface area contributed by atoms with Crippen LogP contribution in [0.15, 0.2) is 48.7 Å². The fraction of sp³-hybridized carbons (Fsp3) is 0.211. The first kappa shape index (κ1) is 16.7. The van der Waals surface area contributed by atoms with E-state index in [-0.39, 0.29) is 17.9 Å². The number of hydrogen-bond acceptors (Lipinski definition) is 4. The number of carbonyl (C=O) groups is 2. The van der Waals surface area contributed by atoms with Gasteiger partial charge in [0.25, 0.3) is 5.91 Å². The van der Waals surface area contributed by atoms with Crippen molar-refractivity contribution in [3.8, 4) is 5.75 Å². The predicted molar refractivity (Wildman–Crippen MR) is 95.4 cm³/mol. The summed E-state index contributed by atoms with van der Waals surface area (Å²) in [5.41, 5.74) is 1.50. The lowest BCUT2D eigenvalue weighted by Crippen LogP contribution is -2.26. The standard InChI is InChI=1S/C19H19N3O3/c1-25-15-8-9-17(16(12-15)19(24)21-14-5-6-14)22-18(23)10-7-13-4-2-3-11-20-13/h2-4,7-12,14H,5-6H2,1H3,(H,21,24)(H,22,23)/b10-7-. The molecule has 1 aliphatic carbocycles. The van der Waals surface area contributed by atoms with E-state index >= 15 is 0 Å². The monoisotopic (exact) mass is 337 g/mol. The lowest BCUT2D eigenvalue weighted by atomic mass is 10.1. The molecule has 0 bridgehead atoms. The van der Waals surface area contributed by atoms with E-state index in [1.807, 2.05) is 6.07 Å². The Morgan fingerprint density at radius 3 is 2.76 bits per heavy atom. The van der Waals surface area contributed by atoms with Crippen LogP contribution in [0, 0.1) is 0 Å². The second kappa shape index (κ2) is 7.61. The van der Waals surface area contributed by atoms with Crippen LogP contribution < -0.4 is 15.4 Å². The van der Waals surface area contributed by atoms with Gasteiger partial charge in [0.15, 0.2) is 0 Å². The molecule has 0 unspecified atom stereocenters. The SMILES string of the molecule is COc1ccc(NC(=O)/C=C\c2ccccn2)c(C(=O)NC2CC2)c1. The zero-order chi connectivity index (χ0) is 17.6. The smallest absolute Gasteiger partial charge is 0.253 e. The number of rotatable bonds is 6. The molecule has 3 rings (SSSR count). The molecular formula is C19H19N3O3. The highest BCUT2D eigenvalue weighted by Crippen LogP contribution is 2.25. The Hall–Kier alpha value is -3.15. The fourth-order valence-electron chi connectivity index (χ4n) is 2.25. The van der Waals surface area contributed by atoms with Gasteiger partial charge < -0.3 is 15.4 Å². The fourth-order valence-corrected chi connectivity index (χ4v) is 2.25. The summed E-state index contributed by atoms with van der Waals surface area (Å²) < 4.78 is 5.18. The summed E-state index contributed by atoms with van der Waals surface area (Å²) in [4.78, 5) is 28.7. The number of carbonyl (C=O) groups excluding carboxylic acids is 2. The van der Waals surface area contributed by atoms with Crippen LogP contribution in [0.1, 0.15) is 28.9 Å². The Morgan fingerprint density at radius 1 is 1.24 bits per heavy atom. The van der Waals surface area contributed by atoms with Crippen LogP contribution in [-0.2, 0) is 4.79 Å². The maximum atomic E-state index is 12.4. The number of nitrogens with zero attached hydrogens (tertiary/aromatic N) is 1.